The van der Waals surface area contributed by atoms with E-state index >= 15 is 0 Å². The van der Waals surface area contributed by atoms with Crippen molar-refractivity contribution in [1.29, 1.82) is 0 Å². The predicted octanol–water partition coefficient (Wildman–Crippen LogP) is 2.26. The van der Waals surface area contributed by atoms with Crippen LogP contribution in [0.2, 0.25) is 10.0 Å². The summed E-state index contributed by atoms with van der Waals surface area (Å²) in [7, 11) is 1.67. The summed E-state index contributed by atoms with van der Waals surface area (Å²) < 4.78 is 6.91. The van der Waals surface area contributed by atoms with E-state index in [1.807, 2.05) is 0 Å². The van der Waals surface area contributed by atoms with E-state index < -0.39 is 0 Å². The lowest BCUT2D eigenvalue weighted by atomic mass is 10.2. The molecule has 0 spiro atoms. The minimum absolute atomic E-state index is 0.279. The molecule has 0 saturated heterocycles. The van der Waals surface area contributed by atoms with Crippen LogP contribution in [0.3, 0.4) is 0 Å². The maximum absolute atomic E-state index is 11.9. The molecular weight excluding hydrogens is 327 g/mol. The van der Waals surface area contributed by atoms with Gasteiger partial charge in [0.2, 0.25) is 0 Å². The van der Waals surface area contributed by atoms with Gasteiger partial charge in [-0.2, -0.15) is 5.10 Å². The lowest BCUT2D eigenvalue weighted by Crippen LogP contribution is -2.27. The molecule has 6 nitrogen and oxygen atoms in total. The topological polar surface area (TPSA) is 82.2 Å². The lowest BCUT2D eigenvalue weighted by molar-refractivity contribution is 0.0901. The van der Waals surface area contributed by atoms with Crippen LogP contribution in [0.25, 0.3) is 0 Å². The maximum Gasteiger partial charge on any atom is 0.256 e. The van der Waals surface area contributed by atoms with Crippen molar-refractivity contribution in [3.63, 3.8) is 0 Å². The SMILES string of the molecule is Cn1ncc(C(=O)NCCOCc2ccc(Cl)cc2Cl)c1N. The number of nitrogen functional groups attached to an aromatic ring is 1. The van der Waals surface area contributed by atoms with Gasteiger partial charge in [-0.3, -0.25) is 9.48 Å². The van der Waals surface area contributed by atoms with Crippen molar-refractivity contribution in [2.24, 2.45) is 7.05 Å². The summed E-state index contributed by atoms with van der Waals surface area (Å²) >= 11 is 11.9. The highest BCUT2D eigenvalue weighted by Gasteiger charge is 2.12. The number of rotatable bonds is 6. The average Bonchev–Trinajstić information content (AvgIpc) is 2.80. The van der Waals surface area contributed by atoms with Gasteiger partial charge in [-0.25, -0.2) is 0 Å². The Balaban J connectivity index is 1.73. The monoisotopic (exact) mass is 342 g/mol. The molecule has 1 amide bonds. The Hall–Kier alpha value is -1.76. The van der Waals surface area contributed by atoms with Crippen molar-refractivity contribution in [3.05, 3.63) is 45.6 Å². The average molecular weight is 343 g/mol. The molecule has 0 atom stereocenters. The van der Waals surface area contributed by atoms with E-state index in [0.29, 0.717) is 41.2 Å². The first-order valence-electron chi connectivity index (χ1n) is 6.56. The number of aromatic nitrogens is 2. The van der Waals surface area contributed by atoms with E-state index in [4.69, 9.17) is 33.7 Å². The van der Waals surface area contributed by atoms with Crippen molar-refractivity contribution in [2.45, 2.75) is 6.61 Å². The number of carbonyl (C=O) groups excluding carboxylic acids is 1. The number of anilines is 1. The number of nitrogens with two attached hydrogens (primary N) is 1. The van der Waals surface area contributed by atoms with Gasteiger partial charge in [-0.15, -0.1) is 0 Å². The number of ether oxygens (including phenoxy) is 1. The van der Waals surface area contributed by atoms with Crippen LogP contribution in [0.4, 0.5) is 5.82 Å². The number of aryl methyl sites for hydroxylation is 1. The summed E-state index contributed by atoms with van der Waals surface area (Å²) in [5, 5.41) is 7.76. The summed E-state index contributed by atoms with van der Waals surface area (Å²) in [6, 6.07) is 5.22. The summed E-state index contributed by atoms with van der Waals surface area (Å²) in [5.41, 5.74) is 6.91. The quantitative estimate of drug-likeness (QED) is 0.789. The normalized spacial score (nSPS) is 10.7. The number of nitrogens with one attached hydrogen (secondary N) is 1. The summed E-state index contributed by atoms with van der Waals surface area (Å²) in [6.07, 6.45) is 1.43. The number of benzene rings is 1. The van der Waals surface area contributed by atoms with Crippen LogP contribution in [0.5, 0.6) is 0 Å². The van der Waals surface area contributed by atoms with Gasteiger partial charge in [0.15, 0.2) is 0 Å². The Bertz CT molecular complexity index is 673. The Kier molecular flexibility index (Phi) is 5.65. The number of carbonyl (C=O) groups is 1. The van der Waals surface area contributed by atoms with Gasteiger partial charge in [0, 0.05) is 23.6 Å². The zero-order chi connectivity index (χ0) is 16.1. The summed E-state index contributed by atoms with van der Waals surface area (Å²) in [5.74, 6) is 0.0464. The fourth-order valence-corrected chi connectivity index (χ4v) is 2.24. The van der Waals surface area contributed by atoms with Crippen LogP contribution in [-0.2, 0) is 18.4 Å². The van der Waals surface area contributed by atoms with Gasteiger partial charge in [0.1, 0.15) is 11.4 Å². The molecule has 0 bridgehead atoms. The molecule has 0 fully saturated rings. The molecule has 22 heavy (non-hydrogen) atoms. The van der Waals surface area contributed by atoms with Gasteiger partial charge >= 0.3 is 0 Å². The van der Waals surface area contributed by atoms with Gasteiger partial charge < -0.3 is 15.8 Å². The number of hydrogen-bond acceptors (Lipinski definition) is 4. The number of hydrogen-bond donors (Lipinski definition) is 2. The molecule has 0 aliphatic carbocycles. The zero-order valence-electron chi connectivity index (χ0n) is 12.0. The van der Waals surface area contributed by atoms with Gasteiger partial charge in [0.05, 0.1) is 19.4 Å². The Labute approximate surface area is 138 Å². The molecule has 0 unspecified atom stereocenters. The predicted molar refractivity (Wildman–Crippen MR) is 86.1 cm³/mol. The number of halogens is 2. The van der Waals surface area contributed by atoms with E-state index in [2.05, 4.69) is 10.4 Å². The first-order chi connectivity index (χ1) is 10.5. The second kappa shape index (κ2) is 7.49. The minimum atomic E-state index is -0.279. The zero-order valence-corrected chi connectivity index (χ0v) is 13.5. The highest BCUT2D eigenvalue weighted by atomic mass is 35.5. The molecule has 0 aliphatic rings. The molecule has 0 radical (unpaired) electrons. The van der Waals surface area contributed by atoms with Gasteiger partial charge in [-0.1, -0.05) is 29.3 Å². The molecule has 0 saturated carbocycles. The largest absolute Gasteiger partial charge is 0.383 e. The van der Waals surface area contributed by atoms with Crippen LogP contribution < -0.4 is 11.1 Å². The molecule has 1 aromatic heterocycles. The third-order valence-corrected chi connectivity index (χ3v) is 3.62. The third kappa shape index (κ3) is 4.13. The van der Waals surface area contributed by atoms with E-state index in [-0.39, 0.29) is 5.91 Å². The van der Waals surface area contributed by atoms with Crippen molar-refractivity contribution in [3.8, 4) is 0 Å². The van der Waals surface area contributed by atoms with Crippen molar-refractivity contribution in [1.82, 2.24) is 15.1 Å². The van der Waals surface area contributed by atoms with E-state index in [0.717, 1.165) is 5.56 Å². The van der Waals surface area contributed by atoms with Crippen LogP contribution >= 0.6 is 23.2 Å². The molecule has 0 aliphatic heterocycles. The number of nitrogens with zero attached hydrogens (tertiary/aromatic N) is 2. The van der Waals surface area contributed by atoms with Crippen LogP contribution in [0.15, 0.2) is 24.4 Å². The molecule has 1 aromatic carbocycles. The fourth-order valence-electron chi connectivity index (χ4n) is 1.77. The molecule has 3 N–H and O–H groups in total. The Morgan fingerprint density at radius 1 is 1.45 bits per heavy atom. The van der Waals surface area contributed by atoms with Crippen molar-refractivity contribution < 1.29 is 9.53 Å². The highest BCUT2D eigenvalue weighted by molar-refractivity contribution is 6.35. The molecule has 1 heterocycles. The molecule has 2 aromatic rings. The van der Waals surface area contributed by atoms with Crippen LogP contribution in [0, 0.1) is 0 Å². The second-order valence-electron chi connectivity index (χ2n) is 4.61. The first kappa shape index (κ1) is 16.6. The fraction of sp³-hybridized carbons (Fsp3) is 0.286. The Morgan fingerprint density at radius 2 is 2.23 bits per heavy atom. The Morgan fingerprint density at radius 3 is 2.86 bits per heavy atom. The number of amides is 1. The first-order valence-corrected chi connectivity index (χ1v) is 7.32. The third-order valence-electron chi connectivity index (χ3n) is 3.03. The lowest BCUT2D eigenvalue weighted by Gasteiger charge is -2.08. The molecular formula is C14H16Cl2N4O2. The molecule has 2 rings (SSSR count). The standard InChI is InChI=1S/C14H16Cl2N4O2/c1-20-13(17)11(7-19-20)14(21)18-4-5-22-8-9-2-3-10(15)6-12(9)16/h2-3,6-7H,4-5,8,17H2,1H3,(H,18,21). The molecule has 118 valence electrons. The van der Waals surface area contributed by atoms with E-state index in [9.17, 15) is 4.79 Å². The molecule has 8 heteroatoms. The van der Waals surface area contributed by atoms with Gasteiger partial charge in [0.25, 0.3) is 5.91 Å². The van der Waals surface area contributed by atoms with Crippen LogP contribution in [0.1, 0.15) is 15.9 Å². The van der Waals surface area contributed by atoms with E-state index in [1.165, 1.54) is 10.9 Å². The van der Waals surface area contributed by atoms with Crippen LogP contribution in [-0.4, -0.2) is 28.8 Å². The highest BCUT2D eigenvalue weighted by Crippen LogP contribution is 2.21. The van der Waals surface area contributed by atoms with Crippen molar-refractivity contribution in [2.75, 3.05) is 18.9 Å². The summed E-state index contributed by atoms with van der Waals surface area (Å²) in [6.45, 7) is 1.06. The maximum atomic E-state index is 11.9. The van der Waals surface area contributed by atoms with E-state index in [1.54, 1.807) is 25.2 Å². The second-order valence-corrected chi connectivity index (χ2v) is 5.45. The van der Waals surface area contributed by atoms with Crippen molar-refractivity contribution >= 4 is 34.9 Å². The minimum Gasteiger partial charge on any atom is -0.383 e. The van der Waals surface area contributed by atoms with Gasteiger partial charge in [-0.05, 0) is 17.7 Å². The smallest absolute Gasteiger partial charge is 0.256 e. The summed E-state index contributed by atoms with van der Waals surface area (Å²) in [4.78, 5) is 11.9.